The van der Waals surface area contributed by atoms with E-state index in [0.717, 1.165) is 12.1 Å². The third-order valence-corrected chi connectivity index (χ3v) is 3.44. The normalized spacial score (nSPS) is 10.3. The first-order chi connectivity index (χ1) is 11.9. The van der Waals surface area contributed by atoms with Gasteiger partial charge in [-0.1, -0.05) is 12.1 Å². The summed E-state index contributed by atoms with van der Waals surface area (Å²) in [5, 5.41) is 22.3. The minimum atomic E-state index is -0.798. The molecule has 0 saturated carbocycles. The van der Waals surface area contributed by atoms with Crippen LogP contribution in [0.4, 0.5) is 4.39 Å². The summed E-state index contributed by atoms with van der Waals surface area (Å²) in [5.74, 6) is -2.70. The lowest BCUT2D eigenvalue weighted by Gasteiger charge is -2.10. The molecule has 0 atom stereocenters. The van der Waals surface area contributed by atoms with Crippen LogP contribution in [0.2, 0.25) is 0 Å². The molecular formula is C18H18FNO5. The highest BCUT2D eigenvalue weighted by molar-refractivity contribution is 6.00. The van der Waals surface area contributed by atoms with Crippen molar-refractivity contribution in [3.05, 3.63) is 58.9 Å². The van der Waals surface area contributed by atoms with Crippen LogP contribution in [0, 0.1) is 5.82 Å². The average Bonchev–Trinajstić information content (AvgIpc) is 2.56. The molecule has 0 radical (unpaired) electrons. The topological polar surface area (TPSA) is 95.9 Å². The molecule has 0 unspecified atom stereocenters. The Morgan fingerprint density at radius 2 is 1.80 bits per heavy atom. The summed E-state index contributed by atoms with van der Waals surface area (Å²) in [6.07, 6.45) is 0.400. The van der Waals surface area contributed by atoms with E-state index in [-0.39, 0.29) is 30.1 Å². The number of phenolic OH excluding ortho intramolecular Hbond substituents is 2. The number of amides is 1. The second kappa shape index (κ2) is 8.14. The molecule has 0 fully saturated rings. The van der Waals surface area contributed by atoms with Gasteiger partial charge in [0.1, 0.15) is 22.9 Å². The van der Waals surface area contributed by atoms with Gasteiger partial charge in [-0.2, -0.15) is 0 Å². The molecule has 0 aromatic heterocycles. The first kappa shape index (κ1) is 18.3. The molecule has 25 heavy (non-hydrogen) atoms. The fourth-order valence-corrected chi connectivity index (χ4v) is 2.24. The maximum Gasteiger partial charge on any atom is 0.342 e. The van der Waals surface area contributed by atoms with Gasteiger partial charge in [0.05, 0.1) is 12.2 Å². The molecule has 7 heteroatoms. The summed E-state index contributed by atoms with van der Waals surface area (Å²) in [7, 11) is 0. The van der Waals surface area contributed by atoms with Crippen LogP contribution in [0.15, 0.2) is 36.4 Å². The van der Waals surface area contributed by atoms with Gasteiger partial charge >= 0.3 is 5.97 Å². The van der Waals surface area contributed by atoms with E-state index >= 15 is 0 Å². The Morgan fingerprint density at radius 3 is 2.48 bits per heavy atom. The van der Waals surface area contributed by atoms with Gasteiger partial charge in [-0.25, -0.2) is 9.18 Å². The molecule has 0 aliphatic carbocycles. The number of benzene rings is 2. The summed E-state index contributed by atoms with van der Waals surface area (Å²) in [4.78, 5) is 23.7. The maximum absolute atomic E-state index is 13.1. The van der Waals surface area contributed by atoms with Crippen LogP contribution in [0.5, 0.6) is 11.5 Å². The van der Waals surface area contributed by atoms with E-state index in [0.29, 0.717) is 12.0 Å². The maximum atomic E-state index is 13.1. The Morgan fingerprint density at radius 1 is 1.12 bits per heavy atom. The van der Waals surface area contributed by atoms with E-state index in [1.807, 2.05) is 0 Å². The van der Waals surface area contributed by atoms with E-state index in [2.05, 4.69) is 5.32 Å². The standard InChI is InChI=1S/C18H18FNO5/c1-2-25-18(24)14-10-15(21)13(9-16(14)22)17(23)20-7-6-11-4-3-5-12(19)8-11/h3-5,8-10,21-22H,2,6-7H2,1H3,(H,20,23). The van der Waals surface area contributed by atoms with Crippen molar-refractivity contribution in [1.82, 2.24) is 5.32 Å². The highest BCUT2D eigenvalue weighted by Gasteiger charge is 2.19. The third-order valence-electron chi connectivity index (χ3n) is 3.44. The number of phenols is 2. The number of halogens is 1. The minimum Gasteiger partial charge on any atom is -0.507 e. The molecule has 2 aromatic rings. The lowest BCUT2D eigenvalue weighted by atomic mass is 10.1. The zero-order valence-corrected chi connectivity index (χ0v) is 13.6. The molecule has 0 spiro atoms. The molecule has 6 nitrogen and oxygen atoms in total. The second-order valence-corrected chi connectivity index (χ2v) is 5.24. The van der Waals surface area contributed by atoms with Crippen LogP contribution in [0.25, 0.3) is 0 Å². The Hall–Kier alpha value is -3.09. The lowest BCUT2D eigenvalue weighted by molar-refractivity contribution is 0.0522. The predicted octanol–water partition coefficient (Wildman–Crippen LogP) is 2.39. The predicted molar refractivity (Wildman–Crippen MR) is 88.2 cm³/mol. The number of ether oxygens (including phenoxy) is 1. The quantitative estimate of drug-likeness (QED) is 0.551. The molecule has 1 amide bonds. The van der Waals surface area contributed by atoms with Crippen molar-refractivity contribution in [2.24, 2.45) is 0 Å². The smallest absolute Gasteiger partial charge is 0.342 e. The summed E-state index contributed by atoms with van der Waals surface area (Å²) in [6, 6.07) is 7.97. The number of carbonyl (C=O) groups is 2. The van der Waals surface area contributed by atoms with Gasteiger partial charge in [-0.3, -0.25) is 4.79 Å². The van der Waals surface area contributed by atoms with Crippen molar-refractivity contribution in [1.29, 1.82) is 0 Å². The monoisotopic (exact) mass is 347 g/mol. The first-order valence-electron chi connectivity index (χ1n) is 7.68. The Kier molecular flexibility index (Phi) is 5.94. The first-order valence-corrected chi connectivity index (χ1v) is 7.68. The molecule has 0 aliphatic rings. The third kappa shape index (κ3) is 4.69. The molecule has 2 aromatic carbocycles. The summed E-state index contributed by atoms with van der Waals surface area (Å²) in [6.45, 7) is 1.93. The summed E-state index contributed by atoms with van der Waals surface area (Å²) in [5.41, 5.74) is 0.311. The molecule has 2 rings (SSSR count). The number of nitrogens with one attached hydrogen (secondary N) is 1. The molecule has 0 aliphatic heterocycles. The lowest BCUT2D eigenvalue weighted by Crippen LogP contribution is -2.26. The number of carbonyl (C=O) groups excluding carboxylic acids is 2. The van der Waals surface area contributed by atoms with Crippen LogP contribution >= 0.6 is 0 Å². The van der Waals surface area contributed by atoms with Crippen molar-refractivity contribution in [2.75, 3.05) is 13.2 Å². The van der Waals surface area contributed by atoms with Gasteiger partial charge < -0.3 is 20.3 Å². The number of aromatic hydroxyl groups is 2. The highest BCUT2D eigenvalue weighted by atomic mass is 19.1. The largest absolute Gasteiger partial charge is 0.507 e. The molecule has 3 N–H and O–H groups in total. The summed E-state index contributed by atoms with van der Waals surface area (Å²) >= 11 is 0. The Balaban J connectivity index is 2.04. The number of hydrogen-bond donors (Lipinski definition) is 3. The van der Waals surface area contributed by atoms with E-state index < -0.39 is 23.4 Å². The number of hydrogen-bond acceptors (Lipinski definition) is 5. The van der Waals surface area contributed by atoms with Crippen molar-refractivity contribution in [3.8, 4) is 11.5 Å². The van der Waals surface area contributed by atoms with Crippen LogP contribution in [0.3, 0.4) is 0 Å². The van der Waals surface area contributed by atoms with Crippen LogP contribution < -0.4 is 5.32 Å². The van der Waals surface area contributed by atoms with Gasteiger partial charge in [0.15, 0.2) is 0 Å². The van der Waals surface area contributed by atoms with Gasteiger partial charge in [-0.05, 0) is 43.2 Å². The van der Waals surface area contributed by atoms with E-state index in [1.54, 1.807) is 19.1 Å². The molecule has 0 saturated heterocycles. The van der Waals surface area contributed by atoms with Crippen molar-refractivity contribution in [2.45, 2.75) is 13.3 Å². The Labute approximate surface area is 143 Å². The number of rotatable bonds is 6. The van der Waals surface area contributed by atoms with Crippen LogP contribution in [-0.4, -0.2) is 35.2 Å². The van der Waals surface area contributed by atoms with E-state index in [4.69, 9.17) is 4.74 Å². The zero-order chi connectivity index (χ0) is 18.4. The molecule has 132 valence electrons. The fourth-order valence-electron chi connectivity index (χ4n) is 2.24. The fraction of sp³-hybridized carbons (Fsp3) is 0.222. The van der Waals surface area contributed by atoms with E-state index in [9.17, 15) is 24.2 Å². The second-order valence-electron chi connectivity index (χ2n) is 5.24. The molecule has 0 bridgehead atoms. The van der Waals surface area contributed by atoms with Crippen LogP contribution in [0.1, 0.15) is 33.2 Å². The van der Waals surface area contributed by atoms with Crippen molar-refractivity contribution < 1.29 is 28.9 Å². The van der Waals surface area contributed by atoms with E-state index in [1.165, 1.54) is 12.1 Å². The van der Waals surface area contributed by atoms with Gasteiger partial charge in [-0.15, -0.1) is 0 Å². The van der Waals surface area contributed by atoms with Crippen molar-refractivity contribution >= 4 is 11.9 Å². The SMILES string of the molecule is CCOC(=O)c1cc(O)c(C(=O)NCCc2cccc(F)c2)cc1O. The zero-order valence-electron chi connectivity index (χ0n) is 13.6. The van der Waals surface area contributed by atoms with Gasteiger partial charge in [0.2, 0.25) is 0 Å². The molecular weight excluding hydrogens is 329 g/mol. The van der Waals surface area contributed by atoms with Crippen molar-refractivity contribution in [3.63, 3.8) is 0 Å². The molecule has 0 heterocycles. The number of esters is 1. The van der Waals surface area contributed by atoms with Crippen LogP contribution in [-0.2, 0) is 11.2 Å². The van der Waals surface area contributed by atoms with Gasteiger partial charge in [0.25, 0.3) is 5.91 Å². The van der Waals surface area contributed by atoms with Gasteiger partial charge in [0, 0.05) is 6.54 Å². The average molecular weight is 347 g/mol. The minimum absolute atomic E-state index is 0.112. The highest BCUT2D eigenvalue weighted by Crippen LogP contribution is 2.27. The summed E-state index contributed by atoms with van der Waals surface area (Å²) < 4.78 is 17.8. The Bertz CT molecular complexity index is 791.